The maximum absolute atomic E-state index is 12.8. The largest absolute Gasteiger partial charge is 0.325 e. The maximum atomic E-state index is 12.8. The number of thiophene rings is 1. The molecule has 0 saturated carbocycles. The number of benzene rings is 1. The van der Waals surface area contributed by atoms with Gasteiger partial charge in [0.15, 0.2) is 0 Å². The average Bonchev–Trinajstić information content (AvgIpc) is 2.93. The topological polar surface area (TPSA) is 82.0 Å². The first kappa shape index (κ1) is 16.4. The first-order chi connectivity index (χ1) is 11.0. The van der Waals surface area contributed by atoms with Crippen LogP contribution in [0.4, 0.5) is 15.8 Å². The zero-order chi connectivity index (χ0) is 16.8. The summed E-state index contributed by atoms with van der Waals surface area (Å²) >= 11 is 1.29. The fraction of sp³-hybridized carbons (Fsp3) is 0.0625. The quantitative estimate of drug-likeness (QED) is 0.666. The summed E-state index contributed by atoms with van der Waals surface area (Å²) in [4.78, 5) is 23.8. The third-order valence-electron chi connectivity index (χ3n) is 2.75. The number of hydrogen-bond acceptors (Lipinski definition) is 4. The molecule has 0 aliphatic carbocycles. The zero-order valence-corrected chi connectivity index (χ0v) is 12.9. The van der Waals surface area contributed by atoms with Crippen molar-refractivity contribution in [1.82, 2.24) is 0 Å². The first-order valence-electron chi connectivity index (χ1n) is 6.53. The van der Waals surface area contributed by atoms with Crippen molar-refractivity contribution in [2.45, 2.75) is 6.92 Å². The normalized spacial score (nSPS) is 10.7. The predicted octanol–water partition coefficient (Wildman–Crippen LogP) is 3.39. The van der Waals surface area contributed by atoms with Crippen LogP contribution >= 0.6 is 11.3 Å². The van der Waals surface area contributed by atoms with Crippen molar-refractivity contribution >= 4 is 40.6 Å². The minimum atomic E-state index is -0.610. The van der Waals surface area contributed by atoms with Gasteiger partial charge in [-0.3, -0.25) is 9.59 Å². The molecular weight excluding hydrogens is 317 g/mol. The van der Waals surface area contributed by atoms with E-state index in [1.165, 1.54) is 48.6 Å². The van der Waals surface area contributed by atoms with Crippen molar-refractivity contribution in [3.8, 4) is 6.07 Å². The second kappa shape index (κ2) is 7.33. The molecule has 5 nitrogen and oxygen atoms in total. The second-order valence-electron chi connectivity index (χ2n) is 4.51. The summed E-state index contributed by atoms with van der Waals surface area (Å²) in [5, 5.41) is 16.0. The van der Waals surface area contributed by atoms with Crippen LogP contribution in [0.3, 0.4) is 0 Å². The average molecular weight is 329 g/mol. The number of nitrogens with zero attached hydrogens (tertiary/aromatic N) is 1. The SMILES string of the molecule is CC(=O)Nc1ccsc1/C=C(/C#N)C(=O)Nc1ccc(F)cc1. The molecule has 1 heterocycles. The van der Waals surface area contributed by atoms with Crippen LogP contribution < -0.4 is 10.6 Å². The Hall–Kier alpha value is -2.98. The Morgan fingerprint density at radius 3 is 2.52 bits per heavy atom. The number of carbonyl (C=O) groups excluding carboxylic acids is 2. The number of nitrogens with one attached hydrogen (secondary N) is 2. The lowest BCUT2D eigenvalue weighted by molar-refractivity contribution is -0.114. The van der Waals surface area contributed by atoms with E-state index in [9.17, 15) is 14.0 Å². The monoisotopic (exact) mass is 329 g/mol. The summed E-state index contributed by atoms with van der Waals surface area (Å²) < 4.78 is 12.8. The van der Waals surface area contributed by atoms with Gasteiger partial charge in [0.2, 0.25) is 5.91 Å². The fourth-order valence-electron chi connectivity index (χ4n) is 1.74. The first-order valence-corrected chi connectivity index (χ1v) is 7.41. The van der Waals surface area contributed by atoms with E-state index in [1.54, 1.807) is 11.4 Å². The van der Waals surface area contributed by atoms with Crippen molar-refractivity contribution in [3.63, 3.8) is 0 Å². The van der Waals surface area contributed by atoms with Gasteiger partial charge in [-0.25, -0.2) is 4.39 Å². The van der Waals surface area contributed by atoms with Crippen molar-refractivity contribution in [2.24, 2.45) is 0 Å². The van der Waals surface area contributed by atoms with Crippen LogP contribution in [0.5, 0.6) is 0 Å². The third-order valence-corrected chi connectivity index (χ3v) is 3.61. The van der Waals surface area contributed by atoms with Gasteiger partial charge in [-0.15, -0.1) is 11.3 Å². The van der Waals surface area contributed by atoms with Gasteiger partial charge in [0.05, 0.1) is 10.6 Å². The molecule has 23 heavy (non-hydrogen) atoms. The highest BCUT2D eigenvalue weighted by Gasteiger charge is 2.12. The summed E-state index contributed by atoms with van der Waals surface area (Å²) in [6, 6.07) is 8.72. The van der Waals surface area contributed by atoms with E-state index < -0.39 is 11.7 Å². The minimum Gasteiger partial charge on any atom is -0.325 e. The zero-order valence-electron chi connectivity index (χ0n) is 12.1. The van der Waals surface area contributed by atoms with E-state index in [-0.39, 0.29) is 11.5 Å². The van der Waals surface area contributed by atoms with Gasteiger partial charge in [0, 0.05) is 12.6 Å². The number of hydrogen-bond donors (Lipinski definition) is 2. The lowest BCUT2D eigenvalue weighted by Crippen LogP contribution is -2.13. The molecule has 1 aromatic heterocycles. The fourth-order valence-corrected chi connectivity index (χ4v) is 2.52. The lowest BCUT2D eigenvalue weighted by atomic mass is 10.2. The van der Waals surface area contributed by atoms with Crippen LogP contribution in [-0.2, 0) is 9.59 Å². The van der Waals surface area contributed by atoms with Crippen molar-refractivity contribution in [3.05, 3.63) is 52.0 Å². The number of anilines is 2. The number of nitriles is 1. The van der Waals surface area contributed by atoms with Crippen LogP contribution in [0, 0.1) is 17.1 Å². The molecule has 0 radical (unpaired) electrons. The molecule has 0 bridgehead atoms. The molecule has 2 aromatic rings. The Morgan fingerprint density at radius 2 is 1.91 bits per heavy atom. The summed E-state index contributed by atoms with van der Waals surface area (Å²) in [7, 11) is 0. The highest BCUT2D eigenvalue weighted by Crippen LogP contribution is 2.25. The molecule has 0 atom stereocenters. The summed E-state index contributed by atoms with van der Waals surface area (Å²) in [5.41, 5.74) is 0.791. The Labute approximate surface area is 136 Å². The van der Waals surface area contributed by atoms with E-state index in [4.69, 9.17) is 5.26 Å². The van der Waals surface area contributed by atoms with E-state index >= 15 is 0 Å². The van der Waals surface area contributed by atoms with Crippen LogP contribution in [0.2, 0.25) is 0 Å². The van der Waals surface area contributed by atoms with Crippen molar-refractivity contribution in [1.29, 1.82) is 5.26 Å². The molecular formula is C16H12FN3O2S. The molecule has 0 unspecified atom stereocenters. The van der Waals surface area contributed by atoms with Gasteiger partial charge in [0.25, 0.3) is 5.91 Å². The Kier molecular flexibility index (Phi) is 5.23. The number of halogens is 1. The lowest BCUT2D eigenvalue weighted by Gasteiger charge is -2.04. The Morgan fingerprint density at radius 1 is 1.22 bits per heavy atom. The number of rotatable bonds is 4. The Bertz CT molecular complexity index is 803. The van der Waals surface area contributed by atoms with Crippen LogP contribution in [0.1, 0.15) is 11.8 Å². The molecule has 2 rings (SSSR count). The number of carbonyl (C=O) groups is 2. The summed E-state index contributed by atoms with van der Waals surface area (Å²) in [5.74, 6) is -1.27. The third kappa shape index (κ3) is 4.49. The molecule has 0 fully saturated rings. The van der Waals surface area contributed by atoms with Crippen molar-refractivity contribution in [2.75, 3.05) is 10.6 Å². The number of amides is 2. The summed E-state index contributed by atoms with van der Waals surface area (Å²) in [6.45, 7) is 1.37. The van der Waals surface area contributed by atoms with Crippen molar-refractivity contribution < 1.29 is 14.0 Å². The van der Waals surface area contributed by atoms with E-state index in [0.29, 0.717) is 16.3 Å². The van der Waals surface area contributed by atoms with Crippen LogP contribution in [-0.4, -0.2) is 11.8 Å². The second-order valence-corrected chi connectivity index (χ2v) is 5.46. The predicted molar refractivity (Wildman–Crippen MR) is 87.2 cm³/mol. The van der Waals surface area contributed by atoms with E-state index in [1.807, 2.05) is 6.07 Å². The highest BCUT2D eigenvalue weighted by molar-refractivity contribution is 7.11. The molecule has 116 valence electrons. The molecule has 2 N–H and O–H groups in total. The molecule has 7 heteroatoms. The molecule has 2 amide bonds. The van der Waals surface area contributed by atoms with Gasteiger partial charge in [-0.2, -0.15) is 5.26 Å². The van der Waals surface area contributed by atoms with Crippen LogP contribution in [0.15, 0.2) is 41.3 Å². The molecule has 0 aliphatic rings. The standard InChI is InChI=1S/C16H12FN3O2S/c1-10(21)19-14-6-7-23-15(14)8-11(9-18)16(22)20-13-4-2-12(17)3-5-13/h2-8H,1H3,(H,19,21)(H,20,22)/b11-8-. The molecule has 0 saturated heterocycles. The molecule has 0 spiro atoms. The van der Waals surface area contributed by atoms with Crippen LogP contribution in [0.25, 0.3) is 6.08 Å². The van der Waals surface area contributed by atoms with E-state index in [0.717, 1.165) is 0 Å². The van der Waals surface area contributed by atoms with Gasteiger partial charge in [-0.1, -0.05) is 0 Å². The highest BCUT2D eigenvalue weighted by atomic mass is 32.1. The summed E-state index contributed by atoms with van der Waals surface area (Å²) in [6.07, 6.45) is 1.40. The van der Waals surface area contributed by atoms with Gasteiger partial charge in [-0.05, 0) is 41.8 Å². The minimum absolute atomic E-state index is 0.122. The Balaban J connectivity index is 2.20. The van der Waals surface area contributed by atoms with Gasteiger partial charge in [0.1, 0.15) is 17.5 Å². The molecule has 1 aromatic carbocycles. The van der Waals surface area contributed by atoms with Gasteiger partial charge < -0.3 is 10.6 Å². The molecule has 0 aliphatic heterocycles. The maximum Gasteiger partial charge on any atom is 0.266 e. The smallest absolute Gasteiger partial charge is 0.266 e. The van der Waals surface area contributed by atoms with E-state index in [2.05, 4.69) is 10.6 Å². The van der Waals surface area contributed by atoms with Gasteiger partial charge >= 0.3 is 0 Å².